The van der Waals surface area contributed by atoms with Gasteiger partial charge in [0.25, 0.3) is 5.91 Å². The molecule has 0 aliphatic rings. The van der Waals surface area contributed by atoms with E-state index in [1.165, 1.54) is 0 Å². The molecule has 0 aliphatic carbocycles. The zero-order valence-electron chi connectivity index (χ0n) is 10.6. The Bertz CT molecular complexity index is 491. The predicted octanol–water partition coefficient (Wildman–Crippen LogP) is 3.17. The van der Waals surface area contributed by atoms with Gasteiger partial charge in [0.2, 0.25) is 0 Å². The van der Waals surface area contributed by atoms with Gasteiger partial charge >= 0.3 is 5.97 Å². The number of halogens is 2. The zero-order valence-corrected chi connectivity index (χ0v) is 13.5. The summed E-state index contributed by atoms with van der Waals surface area (Å²) in [4.78, 5) is 22.9. The molecule has 6 heteroatoms. The van der Waals surface area contributed by atoms with Crippen LogP contribution in [-0.2, 0) is 4.79 Å². The molecule has 1 atom stereocenters. The van der Waals surface area contributed by atoms with Gasteiger partial charge in [0.1, 0.15) is 0 Å². The minimum atomic E-state index is -0.931. The van der Waals surface area contributed by atoms with Gasteiger partial charge in [-0.2, -0.15) is 0 Å². The summed E-state index contributed by atoms with van der Waals surface area (Å²) < 4.78 is 0.775. The molecular weight excluding hydrogens is 381 g/mol. The molecule has 0 aliphatic heterocycles. The van der Waals surface area contributed by atoms with Crippen LogP contribution in [0.5, 0.6) is 0 Å². The third-order valence-electron chi connectivity index (χ3n) is 2.69. The largest absolute Gasteiger partial charge is 0.481 e. The number of carbonyl (C=O) groups is 2. The SMILES string of the molecule is CC(C)C(CC(=O)O)NC(=O)c1cc(Cl)ccc1I. The summed E-state index contributed by atoms with van der Waals surface area (Å²) in [5, 5.41) is 12.1. The Morgan fingerprint density at radius 1 is 1.42 bits per heavy atom. The number of rotatable bonds is 5. The summed E-state index contributed by atoms with van der Waals surface area (Å²) in [7, 11) is 0. The predicted molar refractivity (Wildman–Crippen MR) is 82.5 cm³/mol. The van der Waals surface area contributed by atoms with Gasteiger partial charge in [-0.3, -0.25) is 9.59 Å². The van der Waals surface area contributed by atoms with E-state index in [2.05, 4.69) is 5.32 Å². The van der Waals surface area contributed by atoms with Crippen molar-refractivity contribution in [1.82, 2.24) is 5.32 Å². The van der Waals surface area contributed by atoms with Crippen LogP contribution in [0.4, 0.5) is 0 Å². The minimum absolute atomic E-state index is 0.0388. The van der Waals surface area contributed by atoms with Gasteiger partial charge in [-0.05, 0) is 46.7 Å². The number of carbonyl (C=O) groups excluding carboxylic acids is 1. The number of benzene rings is 1. The van der Waals surface area contributed by atoms with E-state index in [0.29, 0.717) is 10.6 Å². The molecule has 1 rings (SSSR count). The van der Waals surface area contributed by atoms with Crippen LogP contribution in [0.3, 0.4) is 0 Å². The lowest BCUT2D eigenvalue weighted by molar-refractivity contribution is -0.137. The molecule has 0 heterocycles. The second-order valence-corrected chi connectivity index (χ2v) is 6.14. The lowest BCUT2D eigenvalue weighted by atomic mass is 10.0. The van der Waals surface area contributed by atoms with Gasteiger partial charge in [0, 0.05) is 14.6 Å². The highest BCUT2D eigenvalue weighted by molar-refractivity contribution is 14.1. The number of carboxylic acids is 1. The van der Waals surface area contributed by atoms with Crippen LogP contribution in [0.2, 0.25) is 5.02 Å². The van der Waals surface area contributed by atoms with E-state index >= 15 is 0 Å². The first-order chi connectivity index (χ1) is 8.81. The van der Waals surface area contributed by atoms with Crippen LogP contribution in [0.15, 0.2) is 18.2 Å². The summed E-state index contributed by atoms with van der Waals surface area (Å²) in [5.74, 6) is -1.19. The van der Waals surface area contributed by atoms with Crippen LogP contribution < -0.4 is 5.32 Å². The molecule has 104 valence electrons. The fourth-order valence-corrected chi connectivity index (χ4v) is 2.31. The summed E-state index contributed by atoms with van der Waals surface area (Å²) in [6.07, 6.45) is -0.0967. The molecule has 0 spiro atoms. The van der Waals surface area contributed by atoms with Crippen molar-refractivity contribution in [3.05, 3.63) is 32.4 Å². The quantitative estimate of drug-likeness (QED) is 0.753. The maximum absolute atomic E-state index is 12.1. The standard InChI is InChI=1S/C13H15ClINO3/c1-7(2)11(6-12(17)18)16-13(19)9-5-8(14)3-4-10(9)15/h3-5,7,11H,6H2,1-2H3,(H,16,19)(H,17,18). The van der Waals surface area contributed by atoms with Crippen molar-refractivity contribution in [2.24, 2.45) is 5.92 Å². The molecule has 2 N–H and O–H groups in total. The number of nitrogens with one attached hydrogen (secondary N) is 1. The first kappa shape index (κ1) is 16.2. The third-order valence-corrected chi connectivity index (χ3v) is 3.86. The number of carboxylic acid groups (broad SMARTS) is 1. The van der Waals surface area contributed by atoms with Crippen molar-refractivity contribution in [2.75, 3.05) is 0 Å². The Balaban J connectivity index is 2.87. The normalized spacial score (nSPS) is 12.3. The molecule has 1 amide bonds. The van der Waals surface area contributed by atoms with Gasteiger partial charge in [-0.1, -0.05) is 25.4 Å². The van der Waals surface area contributed by atoms with Gasteiger partial charge in [-0.15, -0.1) is 0 Å². The summed E-state index contributed by atoms with van der Waals surface area (Å²) in [6, 6.07) is 4.63. The Kier molecular flexibility index (Phi) is 6.06. The van der Waals surface area contributed by atoms with Crippen LogP contribution >= 0.6 is 34.2 Å². The molecule has 0 bridgehead atoms. The molecule has 0 saturated heterocycles. The molecule has 19 heavy (non-hydrogen) atoms. The van der Waals surface area contributed by atoms with Crippen LogP contribution in [0.1, 0.15) is 30.6 Å². The van der Waals surface area contributed by atoms with E-state index < -0.39 is 12.0 Å². The molecule has 1 aromatic rings. The lowest BCUT2D eigenvalue weighted by Gasteiger charge is -2.21. The van der Waals surface area contributed by atoms with Crippen LogP contribution in [0, 0.1) is 9.49 Å². The number of aliphatic carboxylic acids is 1. The zero-order chi connectivity index (χ0) is 14.6. The van der Waals surface area contributed by atoms with Crippen LogP contribution in [-0.4, -0.2) is 23.0 Å². The van der Waals surface area contributed by atoms with Gasteiger partial charge in [0.05, 0.1) is 12.0 Å². The molecule has 1 aromatic carbocycles. The molecule has 0 saturated carbocycles. The Morgan fingerprint density at radius 2 is 2.05 bits per heavy atom. The third kappa shape index (κ3) is 4.99. The van der Waals surface area contributed by atoms with Gasteiger partial charge in [0.15, 0.2) is 0 Å². The van der Waals surface area contributed by atoms with Crippen LogP contribution in [0.25, 0.3) is 0 Å². The summed E-state index contributed by atoms with van der Waals surface area (Å²) in [5.41, 5.74) is 0.462. The molecule has 0 aromatic heterocycles. The van der Waals surface area contributed by atoms with E-state index in [0.717, 1.165) is 3.57 Å². The highest BCUT2D eigenvalue weighted by Crippen LogP contribution is 2.18. The maximum Gasteiger partial charge on any atom is 0.305 e. The molecule has 0 fully saturated rings. The van der Waals surface area contributed by atoms with Crippen molar-refractivity contribution in [3.8, 4) is 0 Å². The van der Waals surface area contributed by atoms with Gasteiger partial charge in [-0.25, -0.2) is 0 Å². The molecule has 1 unspecified atom stereocenters. The first-order valence-electron chi connectivity index (χ1n) is 5.79. The highest BCUT2D eigenvalue weighted by atomic mass is 127. The summed E-state index contributed by atoms with van der Waals surface area (Å²) in [6.45, 7) is 3.74. The average molecular weight is 396 g/mol. The number of hydrogen-bond acceptors (Lipinski definition) is 2. The Hall–Kier alpha value is -0.820. The van der Waals surface area contributed by atoms with Crippen molar-refractivity contribution < 1.29 is 14.7 Å². The molecule has 4 nitrogen and oxygen atoms in total. The van der Waals surface area contributed by atoms with Crippen molar-refractivity contribution >= 4 is 46.1 Å². The Labute approximate surface area is 130 Å². The average Bonchev–Trinajstić information content (AvgIpc) is 2.30. The number of amides is 1. The fourth-order valence-electron chi connectivity index (χ4n) is 1.56. The Morgan fingerprint density at radius 3 is 2.58 bits per heavy atom. The smallest absolute Gasteiger partial charge is 0.305 e. The van der Waals surface area contributed by atoms with E-state index in [1.807, 2.05) is 36.4 Å². The van der Waals surface area contributed by atoms with Crippen molar-refractivity contribution in [3.63, 3.8) is 0 Å². The van der Waals surface area contributed by atoms with E-state index in [9.17, 15) is 9.59 Å². The van der Waals surface area contributed by atoms with E-state index in [4.69, 9.17) is 16.7 Å². The second-order valence-electron chi connectivity index (χ2n) is 4.55. The van der Waals surface area contributed by atoms with E-state index in [-0.39, 0.29) is 18.2 Å². The number of hydrogen-bond donors (Lipinski definition) is 2. The molecular formula is C13H15ClINO3. The van der Waals surface area contributed by atoms with Gasteiger partial charge < -0.3 is 10.4 Å². The fraction of sp³-hybridized carbons (Fsp3) is 0.385. The maximum atomic E-state index is 12.1. The van der Waals surface area contributed by atoms with Crippen molar-refractivity contribution in [2.45, 2.75) is 26.3 Å². The first-order valence-corrected chi connectivity index (χ1v) is 7.24. The molecule has 0 radical (unpaired) electrons. The topological polar surface area (TPSA) is 66.4 Å². The van der Waals surface area contributed by atoms with E-state index in [1.54, 1.807) is 18.2 Å². The second kappa shape index (κ2) is 7.09. The monoisotopic (exact) mass is 395 g/mol. The lowest BCUT2D eigenvalue weighted by Crippen LogP contribution is -2.40. The van der Waals surface area contributed by atoms with Crippen molar-refractivity contribution in [1.29, 1.82) is 0 Å². The highest BCUT2D eigenvalue weighted by Gasteiger charge is 2.21. The summed E-state index contributed by atoms with van der Waals surface area (Å²) >= 11 is 7.91. The minimum Gasteiger partial charge on any atom is -0.481 e.